The summed E-state index contributed by atoms with van der Waals surface area (Å²) in [5, 5.41) is 34.7. The summed E-state index contributed by atoms with van der Waals surface area (Å²) in [5.41, 5.74) is 1.11. The molecule has 2 unspecified atom stereocenters. The van der Waals surface area contributed by atoms with Gasteiger partial charge in [0, 0.05) is 84.1 Å². The number of hydrogen-bond donors (Lipinski definition) is 3. The minimum atomic E-state index is -0.917. The lowest BCUT2D eigenvalue weighted by Crippen LogP contribution is -2.44. The van der Waals surface area contributed by atoms with Crippen LogP contribution in [0.5, 0.6) is 0 Å². The van der Waals surface area contributed by atoms with Crippen molar-refractivity contribution in [2.75, 3.05) is 49.1 Å². The van der Waals surface area contributed by atoms with Crippen LogP contribution in [-0.2, 0) is 47.6 Å². The van der Waals surface area contributed by atoms with E-state index in [0.29, 0.717) is 38.5 Å². The van der Waals surface area contributed by atoms with Gasteiger partial charge in [-0.3, -0.25) is 19.3 Å². The molecular weight excluding hydrogens is 885 g/mol. The summed E-state index contributed by atoms with van der Waals surface area (Å²) < 4.78 is 34.9. The second-order valence-corrected chi connectivity index (χ2v) is 19.9. The highest BCUT2D eigenvalue weighted by Gasteiger charge is 2.35. The number of methoxy groups -OCH3 is 3. The Morgan fingerprint density at radius 3 is 2.22 bits per heavy atom. The maximum atomic E-state index is 13.5. The van der Waals surface area contributed by atoms with Gasteiger partial charge in [0.2, 0.25) is 6.41 Å². The molecule has 15 nitrogen and oxygen atoms in total. The van der Waals surface area contributed by atoms with Crippen molar-refractivity contribution in [1.82, 2.24) is 9.80 Å². The number of aliphatic hydroxyl groups excluding tert-OH is 3. The lowest BCUT2D eigenvalue weighted by Gasteiger charge is -2.33. The van der Waals surface area contributed by atoms with E-state index in [0.717, 1.165) is 18.4 Å². The minimum absolute atomic E-state index is 0.128. The number of allylic oxidation sites excluding steroid dienone is 3. The number of esters is 3. The molecule has 0 radical (unpaired) electrons. The molecule has 0 bridgehead atoms. The second-order valence-electron chi connectivity index (χ2n) is 19.9. The van der Waals surface area contributed by atoms with Gasteiger partial charge in [0.15, 0.2) is 0 Å². The Morgan fingerprint density at radius 1 is 0.942 bits per heavy atom. The second kappa shape index (κ2) is 33.8. The van der Waals surface area contributed by atoms with Crippen LogP contribution in [0.2, 0.25) is 0 Å². The van der Waals surface area contributed by atoms with Crippen molar-refractivity contribution < 1.29 is 62.9 Å². The average Bonchev–Trinajstić information content (AvgIpc) is 3.31. The Hall–Kier alpha value is -3.70. The smallest absolute Gasteiger partial charge is 0.331 e. The molecule has 15 heteroatoms. The van der Waals surface area contributed by atoms with Crippen molar-refractivity contribution in [3.05, 3.63) is 60.4 Å². The zero-order valence-electron chi connectivity index (χ0n) is 44.7. The number of nitrogens with zero attached hydrogens (tertiary/aromatic N) is 2. The summed E-state index contributed by atoms with van der Waals surface area (Å²) in [6, 6.07) is -0.646. The first kappa shape index (κ1) is 63.3. The first-order chi connectivity index (χ1) is 32.5. The predicted molar refractivity (Wildman–Crippen MR) is 270 cm³/mol. The van der Waals surface area contributed by atoms with Gasteiger partial charge in [0.05, 0.1) is 37.1 Å². The molecule has 0 aromatic heterocycles. The molecule has 396 valence electrons. The van der Waals surface area contributed by atoms with Gasteiger partial charge in [-0.05, 0) is 82.9 Å². The Labute approximate surface area is 415 Å². The number of rotatable bonds is 20. The van der Waals surface area contributed by atoms with Crippen molar-refractivity contribution in [3.8, 4) is 0 Å². The van der Waals surface area contributed by atoms with Gasteiger partial charge in [-0.25, -0.2) is 4.79 Å². The molecule has 0 aromatic rings. The lowest BCUT2D eigenvalue weighted by molar-refractivity contribution is -0.162. The van der Waals surface area contributed by atoms with Crippen molar-refractivity contribution >= 4 is 24.3 Å². The molecule has 0 spiro atoms. The van der Waals surface area contributed by atoms with Crippen molar-refractivity contribution in [3.63, 3.8) is 0 Å². The molecule has 0 fully saturated rings. The highest BCUT2D eigenvalue weighted by molar-refractivity contribution is 5.82. The minimum Gasteiger partial charge on any atom is -0.462 e. The Balaban J connectivity index is 3.50. The van der Waals surface area contributed by atoms with E-state index in [2.05, 4.69) is 19.9 Å². The molecule has 0 saturated carbocycles. The summed E-state index contributed by atoms with van der Waals surface area (Å²) in [6.45, 7) is 17.0. The monoisotopic (exact) mass is 977 g/mol. The van der Waals surface area contributed by atoms with Gasteiger partial charge in [-0.1, -0.05) is 91.0 Å². The largest absolute Gasteiger partial charge is 0.462 e. The van der Waals surface area contributed by atoms with Crippen LogP contribution in [-0.4, -0.2) is 153 Å². The van der Waals surface area contributed by atoms with E-state index in [9.17, 15) is 34.5 Å². The molecule has 0 saturated heterocycles. The number of amides is 1. The number of carbonyl (C=O) groups is 4. The number of carbonyl (C=O) groups excluding carboxylic acids is 4. The number of hydrogen-bond acceptors (Lipinski definition) is 14. The van der Waals surface area contributed by atoms with Crippen LogP contribution in [0.1, 0.15) is 114 Å². The van der Waals surface area contributed by atoms with Crippen molar-refractivity contribution in [2.45, 2.75) is 169 Å². The van der Waals surface area contributed by atoms with Crippen LogP contribution in [0, 0.1) is 41.4 Å². The predicted octanol–water partition coefficient (Wildman–Crippen LogP) is 7.23. The molecule has 1 aliphatic heterocycles. The molecule has 1 amide bonds. The third kappa shape index (κ3) is 23.4. The normalized spacial score (nSPS) is 29.8. The topological polar surface area (TPSA) is 191 Å². The van der Waals surface area contributed by atoms with Gasteiger partial charge in [-0.2, -0.15) is 0 Å². The third-order valence-electron chi connectivity index (χ3n) is 13.8. The quantitative estimate of drug-likeness (QED) is 0.0479. The van der Waals surface area contributed by atoms with Crippen LogP contribution >= 0.6 is 0 Å². The van der Waals surface area contributed by atoms with Crippen LogP contribution in [0.4, 0.5) is 0 Å². The first-order valence-corrected chi connectivity index (χ1v) is 24.9. The molecule has 0 aromatic carbocycles. The Morgan fingerprint density at radius 2 is 1.62 bits per heavy atom. The highest BCUT2D eigenvalue weighted by atomic mass is 16.6. The van der Waals surface area contributed by atoms with E-state index in [-0.39, 0.29) is 48.9 Å². The van der Waals surface area contributed by atoms with E-state index in [1.807, 2.05) is 53.7 Å². The van der Waals surface area contributed by atoms with E-state index in [4.69, 9.17) is 28.4 Å². The standard InChI is InChI=1S/C54H92N2O13/c1-35-24-25-36(2)47(66-15)29-27-38(4)52(62)42(8)49(69-54(63)45(33-64-13)55(10)11)21-17-16-18-23-50(60)68-48(22-19-20-44(32-35)65-14)41(7)51(61)37(3)26-28-46(59)40(6)53(67-43(9)58)39(5)30-31-56(12)34-57/h16-20,23,25,30-31,34-35,37-42,44-49,51-53,59,61-62H,21-22,24,26-29,32-33H2,1-15H3/b17-16+,20-19+,23-18+,31-30+,36-25+/t35-,37+,38-,39-,40+,41-,42-,44+,45?,46-,47+,48+,49?,51+,52-,53-/m1/s1. The van der Waals surface area contributed by atoms with Crippen LogP contribution in [0.15, 0.2) is 60.4 Å². The molecule has 1 aliphatic rings. The summed E-state index contributed by atoms with van der Waals surface area (Å²) in [6.07, 6.45) is 15.7. The summed E-state index contributed by atoms with van der Waals surface area (Å²) in [7, 11) is 10.0. The summed E-state index contributed by atoms with van der Waals surface area (Å²) in [5.74, 6) is -3.46. The summed E-state index contributed by atoms with van der Waals surface area (Å²) in [4.78, 5) is 53.2. The fourth-order valence-electron chi connectivity index (χ4n) is 8.78. The number of likely N-dealkylation sites (N-methyl/N-ethyl adjacent to an activating group) is 1. The fraction of sp³-hybridized carbons (Fsp3) is 0.741. The fourth-order valence-corrected chi connectivity index (χ4v) is 8.78. The molecule has 69 heavy (non-hydrogen) atoms. The van der Waals surface area contributed by atoms with Crippen LogP contribution in [0.3, 0.4) is 0 Å². The van der Waals surface area contributed by atoms with E-state index >= 15 is 0 Å². The van der Waals surface area contributed by atoms with Crippen LogP contribution in [0.25, 0.3) is 0 Å². The van der Waals surface area contributed by atoms with Gasteiger partial charge in [0.25, 0.3) is 0 Å². The maximum Gasteiger partial charge on any atom is 0.331 e. The van der Waals surface area contributed by atoms with E-state index < -0.39 is 78.3 Å². The zero-order valence-corrected chi connectivity index (χ0v) is 44.7. The van der Waals surface area contributed by atoms with Gasteiger partial charge >= 0.3 is 17.9 Å². The SMILES string of the molecule is COCC(C(=O)OC1C/C=C/C=C/C(=O)O[C@H]([C@@H](C)[C@@H](O)[C@@H](C)CC[C@@H](O)[C@H](C)[C@H](OC(C)=O)[C@H](C)/C=C/N(C)C=O)C/C=C/[C@H](OC)C[C@H](C)C/C=C(\C)[C@@H](OC)CC[C@@H](C)[C@@H](O)[C@@H]1C)N(C)C. The van der Waals surface area contributed by atoms with Crippen molar-refractivity contribution in [2.24, 2.45) is 41.4 Å². The third-order valence-corrected chi connectivity index (χ3v) is 13.8. The average molecular weight is 977 g/mol. The van der Waals surface area contributed by atoms with Gasteiger partial charge in [-0.15, -0.1) is 0 Å². The van der Waals surface area contributed by atoms with Gasteiger partial charge < -0.3 is 48.6 Å². The summed E-state index contributed by atoms with van der Waals surface area (Å²) >= 11 is 0. The molecular formula is C54H92N2O13. The Kier molecular flexibility index (Phi) is 31.0. The molecule has 3 N–H and O–H groups in total. The first-order valence-electron chi connectivity index (χ1n) is 24.9. The maximum absolute atomic E-state index is 13.5. The van der Waals surface area contributed by atoms with E-state index in [1.165, 1.54) is 25.0 Å². The van der Waals surface area contributed by atoms with E-state index in [1.54, 1.807) is 70.8 Å². The lowest BCUT2D eigenvalue weighted by atomic mass is 9.82. The molecule has 1 heterocycles. The number of cyclic esters (lactones) is 1. The Bertz CT molecular complexity index is 1650. The molecule has 0 aliphatic carbocycles. The molecule has 16 atom stereocenters. The highest BCUT2D eigenvalue weighted by Crippen LogP contribution is 2.30. The zero-order chi connectivity index (χ0) is 52.4. The number of ether oxygens (including phenoxy) is 6. The molecule has 1 rings (SSSR count). The van der Waals surface area contributed by atoms with Crippen molar-refractivity contribution in [1.29, 1.82) is 0 Å². The van der Waals surface area contributed by atoms with Gasteiger partial charge in [0.1, 0.15) is 24.4 Å². The van der Waals surface area contributed by atoms with Crippen LogP contribution < -0.4 is 0 Å². The number of aliphatic hydroxyl groups is 3.